The first-order valence-corrected chi connectivity index (χ1v) is 7.28. The van der Waals surface area contributed by atoms with Crippen LogP contribution >= 0.6 is 11.5 Å². The van der Waals surface area contributed by atoms with Crippen LogP contribution in [0.1, 0.15) is 26.7 Å². The Morgan fingerprint density at radius 3 is 3.00 bits per heavy atom. The van der Waals surface area contributed by atoms with Gasteiger partial charge in [0.25, 0.3) is 0 Å². The molecule has 0 radical (unpaired) electrons. The molecule has 1 aromatic rings. The minimum atomic E-state index is 0.307. The third kappa shape index (κ3) is 2.87. The molecule has 0 saturated carbocycles. The van der Waals surface area contributed by atoms with Crippen LogP contribution < -0.4 is 15.4 Å². The van der Waals surface area contributed by atoms with Gasteiger partial charge in [0.2, 0.25) is 0 Å². The molecular formula is C12H21N3O2S. The lowest BCUT2D eigenvalue weighted by Gasteiger charge is -2.33. The summed E-state index contributed by atoms with van der Waals surface area (Å²) in [5.74, 6) is 1.23. The van der Waals surface area contributed by atoms with Crippen molar-refractivity contribution in [1.29, 1.82) is 0 Å². The molecule has 1 unspecified atom stereocenters. The predicted octanol–water partition coefficient (Wildman–Crippen LogP) is 2.13. The standard InChI is InChI=1S/C12H21N3O2S/c1-3-16-9-6-5-7-15(8-9)12-10(17-4-2)11(13)14-18-12/h9H,3-8H2,1-2H3,(H2,13,14). The molecule has 0 spiro atoms. The van der Waals surface area contributed by atoms with Crippen LogP contribution in [0.2, 0.25) is 0 Å². The molecule has 0 aromatic carbocycles. The maximum absolute atomic E-state index is 5.84. The number of nitrogen functional groups attached to an aromatic ring is 1. The van der Waals surface area contributed by atoms with Crippen LogP contribution in [0.3, 0.4) is 0 Å². The molecule has 2 N–H and O–H groups in total. The van der Waals surface area contributed by atoms with Crippen LogP contribution in [0.4, 0.5) is 10.8 Å². The summed E-state index contributed by atoms with van der Waals surface area (Å²) in [6.45, 7) is 7.29. The highest BCUT2D eigenvalue weighted by Gasteiger charge is 2.25. The molecule has 1 fully saturated rings. The summed E-state index contributed by atoms with van der Waals surface area (Å²) >= 11 is 1.41. The van der Waals surface area contributed by atoms with Gasteiger partial charge in [0.15, 0.2) is 16.6 Å². The van der Waals surface area contributed by atoms with E-state index in [1.165, 1.54) is 11.5 Å². The highest BCUT2D eigenvalue weighted by atomic mass is 32.1. The summed E-state index contributed by atoms with van der Waals surface area (Å²) in [5.41, 5.74) is 5.84. The zero-order valence-electron chi connectivity index (χ0n) is 11.0. The Balaban J connectivity index is 2.10. The van der Waals surface area contributed by atoms with Crippen molar-refractivity contribution in [2.45, 2.75) is 32.8 Å². The fraction of sp³-hybridized carbons (Fsp3) is 0.750. The van der Waals surface area contributed by atoms with Crippen molar-refractivity contribution >= 4 is 22.4 Å². The fourth-order valence-electron chi connectivity index (χ4n) is 2.26. The Labute approximate surface area is 112 Å². The largest absolute Gasteiger partial charge is 0.487 e. The van der Waals surface area contributed by atoms with Crippen molar-refractivity contribution in [3.05, 3.63) is 0 Å². The molecule has 1 saturated heterocycles. The summed E-state index contributed by atoms with van der Waals surface area (Å²) < 4.78 is 15.5. The van der Waals surface area contributed by atoms with Gasteiger partial charge in [0.1, 0.15) is 0 Å². The van der Waals surface area contributed by atoms with Crippen molar-refractivity contribution in [2.24, 2.45) is 0 Å². The summed E-state index contributed by atoms with van der Waals surface area (Å²) in [6, 6.07) is 0. The van der Waals surface area contributed by atoms with Gasteiger partial charge >= 0.3 is 0 Å². The third-order valence-electron chi connectivity index (χ3n) is 3.01. The van der Waals surface area contributed by atoms with Gasteiger partial charge in [0, 0.05) is 19.7 Å². The highest BCUT2D eigenvalue weighted by molar-refractivity contribution is 7.11. The number of nitrogens with two attached hydrogens (primary N) is 1. The molecule has 1 aromatic heterocycles. The molecule has 1 atom stereocenters. The lowest BCUT2D eigenvalue weighted by atomic mass is 10.1. The number of hydrogen-bond donors (Lipinski definition) is 1. The van der Waals surface area contributed by atoms with Gasteiger partial charge in [-0.15, -0.1) is 0 Å². The van der Waals surface area contributed by atoms with E-state index in [0.29, 0.717) is 18.5 Å². The number of nitrogens with zero attached hydrogens (tertiary/aromatic N) is 2. The maximum atomic E-state index is 5.84. The van der Waals surface area contributed by atoms with Crippen LogP contribution in [0, 0.1) is 0 Å². The van der Waals surface area contributed by atoms with E-state index in [4.69, 9.17) is 15.2 Å². The molecule has 2 heterocycles. The first-order chi connectivity index (χ1) is 8.76. The topological polar surface area (TPSA) is 60.6 Å². The normalized spacial score (nSPS) is 20.1. The number of piperidine rings is 1. The monoisotopic (exact) mass is 271 g/mol. The van der Waals surface area contributed by atoms with Gasteiger partial charge in [-0.1, -0.05) is 0 Å². The van der Waals surface area contributed by atoms with Gasteiger partial charge in [-0.3, -0.25) is 0 Å². The molecule has 0 aliphatic carbocycles. The van der Waals surface area contributed by atoms with Crippen LogP contribution in [0.5, 0.6) is 5.75 Å². The van der Waals surface area contributed by atoms with Crippen molar-refractivity contribution in [3.63, 3.8) is 0 Å². The van der Waals surface area contributed by atoms with E-state index in [2.05, 4.69) is 9.27 Å². The van der Waals surface area contributed by atoms with Crippen molar-refractivity contribution < 1.29 is 9.47 Å². The van der Waals surface area contributed by atoms with Crippen LogP contribution in [-0.2, 0) is 4.74 Å². The van der Waals surface area contributed by atoms with Crippen molar-refractivity contribution in [1.82, 2.24) is 4.37 Å². The van der Waals surface area contributed by atoms with E-state index in [9.17, 15) is 0 Å². The Morgan fingerprint density at radius 2 is 2.28 bits per heavy atom. The smallest absolute Gasteiger partial charge is 0.197 e. The Hall–Kier alpha value is -1.01. The first kappa shape index (κ1) is 13.4. The number of anilines is 2. The van der Waals surface area contributed by atoms with Gasteiger partial charge < -0.3 is 20.1 Å². The van der Waals surface area contributed by atoms with Gasteiger partial charge in [-0.25, -0.2) is 0 Å². The average Bonchev–Trinajstić information content (AvgIpc) is 2.73. The molecule has 1 aliphatic heterocycles. The van der Waals surface area contributed by atoms with Gasteiger partial charge in [0.05, 0.1) is 12.7 Å². The lowest BCUT2D eigenvalue weighted by molar-refractivity contribution is 0.0527. The van der Waals surface area contributed by atoms with Crippen LogP contribution in [0.15, 0.2) is 0 Å². The lowest BCUT2D eigenvalue weighted by Crippen LogP contribution is -2.39. The van der Waals surface area contributed by atoms with E-state index >= 15 is 0 Å². The van der Waals surface area contributed by atoms with Crippen molar-refractivity contribution in [2.75, 3.05) is 36.9 Å². The fourth-order valence-corrected chi connectivity index (χ4v) is 3.06. The molecule has 1 aliphatic rings. The molecule has 0 bridgehead atoms. The number of aromatic nitrogens is 1. The Bertz CT molecular complexity index is 381. The summed E-state index contributed by atoms with van der Waals surface area (Å²) in [4.78, 5) is 2.28. The van der Waals surface area contributed by atoms with Crippen molar-refractivity contribution in [3.8, 4) is 5.75 Å². The average molecular weight is 271 g/mol. The highest BCUT2D eigenvalue weighted by Crippen LogP contribution is 2.39. The van der Waals surface area contributed by atoms with E-state index in [1.807, 2.05) is 13.8 Å². The second-order valence-corrected chi connectivity index (χ2v) is 5.05. The molecule has 2 rings (SSSR count). The number of ether oxygens (including phenoxy) is 2. The van der Waals surface area contributed by atoms with Crippen LogP contribution in [-0.4, -0.2) is 36.8 Å². The van der Waals surface area contributed by atoms with E-state index in [1.54, 1.807) is 0 Å². The number of rotatable bonds is 5. The molecule has 5 nitrogen and oxygen atoms in total. The van der Waals surface area contributed by atoms with Gasteiger partial charge in [-0.05, 0) is 38.2 Å². The quantitative estimate of drug-likeness (QED) is 0.889. The number of hydrogen-bond acceptors (Lipinski definition) is 6. The van der Waals surface area contributed by atoms with E-state index < -0.39 is 0 Å². The molecule has 18 heavy (non-hydrogen) atoms. The van der Waals surface area contributed by atoms with E-state index in [-0.39, 0.29) is 0 Å². The Kier molecular flexibility index (Phi) is 4.66. The van der Waals surface area contributed by atoms with Gasteiger partial charge in [-0.2, -0.15) is 4.37 Å². The predicted molar refractivity (Wildman–Crippen MR) is 74.6 cm³/mol. The summed E-state index contributed by atoms with van der Waals surface area (Å²) in [5, 5.41) is 1.04. The second-order valence-electron chi connectivity index (χ2n) is 4.30. The summed E-state index contributed by atoms with van der Waals surface area (Å²) in [6.07, 6.45) is 2.57. The minimum Gasteiger partial charge on any atom is -0.487 e. The molecular weight excluding hydrogens is 250 g/mol. The maximum Gasteiger partial charge on any atom is 0.197 e. The molecule has 0 amide bonds. The van der Waals surface area contributed by atoms with E-state index in [0.717, 1.165) is 43.3 Å². The van der Waals surface area contributed by atoms with Crippen LogP contribution in [0.25, 0.3) is 0 Å². The Morgan fingerprint density at radius 1 is 1.44 bits per heavy atom. The minimum absolute atomic E-state index is 0.307. The SMILES string of the molecule is CCOc1c(N)nsc1N1CCCC(OCC)C1. The second kappa shape index (κ2) is 6.24. The zero-order valence-corrected chi connectivity index (χ0v) is 11.8. The molecule has 6 heteroatoms. The zero-order chi connectivity index (χ0) is 13.0. The summed E-state index contributed by atoms with van der Waals surface area (Å²) in [7, 11) is 0. The third-order valence-corrected chi connectivity index (χ3v) is 3.92. The molecule has 102 valence electrons. The first-order valence-electron chi connectivity index (χ1n) is 6.50.